The van der Waals surface area contributed by atoms with Gasteiger partial charge in [0, 0.05) is 17.5 Å². The van der Waals surface area contributed by atoms with Crippen molar-refractivity contribution >= 4 is 22.9 Å². The minimum Gasteiger partial charge on any atom is -0.485 e. The molecule has 19 heavy (non-hydrogen) atoms. The summed E-state index contributed by atoms with van der Waals surface area (Å²) in [6.45, 7) is 6.18. The number of rotatable bonds is 6. The molecule has 0 spiro atoms. The van der Waals surface area contributed by atoms with E-state index in [1.54, 1.807) is 11.3 Å². The fraction of sp³-hybridized carbons (Fsp3) is 0.357. The van der Waals surface area contributed by atoms with Gasteiger partial charge in [0.05, 0.1) is 15.7 Å². The third kappa shape index (κ3) is 3.93. The number of ether oxygens (including phenoxy) is 1. The summed E-state index contributed by atoms with van der Waals surface area (Å²) in [6.07, 6.45) is 0. The maximum Gasteiger partial charge on any atom is 0.142 e. The van der Waals surface area contributed by atoms with Gasteiger partial charge in [-0.05, 0) is 19.5 Å². The summed E-state index contributed by atoms with van der Waals surface area (Å²) in [4.78, 5) is 4.38. The topological polar surface area (TPSA) is 34.1 Å². The van der Waals surface area contributed by atoms with Crippen molar-refractivity contribution in [2.24, 2.45) is 0 Å². The van der Waals surface area contributed by atoms with Gasteiger partial charge in [-0.3, -0.25) is 0 Å². The molecule has 1 aromatic carbocycles. The minimum absolute atomic E-state index is 0.452. The molecule has 1 N–H and O–H groups in total. The molecule has 2 rings (SSSR count). The van der Waals surface area contributed by atoms with Gasteiger partial charge in [0.25, 0.3) is 0 Å². The summed E-state index contributed by atoms with van der Waals surface area (Å²) in [5.74, 6) is 0.746. The molecule has 0 saturated carbocycles. The Morgan fingerprint density at radius 3 is 2.95 bits per heavy atom. The predicted molar refractivity (Wildman–Crippen MR) is 80.0 cm³/mol. The molecular weight excluding hydrogens is 280 g/mol. The second-order valence-corrected chi connectivity index (χ2v) is 5.62. The van der Waals surface area contributed by atoms with Crippen LogP contribution in [-0.2, 0) is 13.2 Å². The van der Waals surface area contributed by atoms with Crippen LogP contribution in [0.4, 0.5) is 0 Å². The zero-order chi connectivity index (χ0) is 13.7. The molecule has 0 atom stereocenters. The number of nitrogens with zero attached hydrogens (tertiary/aromatic N) is 1. The summed E-state index contributed by atoms with van der Waals surface area (Å²) in [5.41, 5.74) is 2.01. The molecular formula is C14H17ClN2OS. The molecule has 0 radical (unpaired) electrons. The number of nitrogens with one attached hydrogen (secondary N) is 1. The number of benzene rings is 1. The Balaban J connectivity index is 2.09. The molecule has 0 aliphatic heterocycles. The SMILES string of the molecule is CCNCc1cccc(Cl)c1OCc1csc(C)n1. The highest BCUT2D eigenvalue weighted by Gasteiger charge is 2.09. The van der Waals surface area contributed by atoms with Crippen LogP contribution in [0.25, 0.3) is 0 Å². The van der Waals surface area contributed by atoms with E-state index in [4.69, 9.17) is 16.3 Å². The van der Waals surface area contributed by atoms with Gasteiger partial charge in [-0.25, -0.2) is 4.98 Å². The van der Waals surface area contributed by atoms with Gasteiger partial charge in [-0.1, -0.05) is 30.7 Å². The lowest BCUT2D eigenvalue weighted by Gasteiger charge is -2.12. The van der Waals surface area contributed by atoms with Gasteiger partial charge in [0.15, 0.2) is 0 Å². The van der Waals surface area contributed by atoms with Gasteiger partial charge >= 0.3 is 0 Å². The Morgan fingerprint density at radius 1 is 1.42 bits per heavy atom. The zero-order valence-electron chi connectivity index (χ0n) is 11.1. The van der Waals surface area contributed by atoms with Crippen LogP contribution < -0.4 is 10.1 Å². The average Bonchev–Trinajstić information content (AvgIpc) is 2.81. The fourth-order valence-corrected chi connectivity index (χ4v) is 2.58. The van der Waals surface area contributed by atoms with E-state index in [-0.39, 0.29) is 0 Å². The largest absolute Gasteiger partial charge is 0.485 e. The second-order valence-electron chi connectivity index (χ2n) is 4.15. The summed E-state index contributed by atoms with van der Waals surface area (Å²) >= 11 is 7.83. The molecule has 0 saturated heterocycles. The first-order valence-electron chi connectivity index (χ1n) is 6.22. The molecule has 102 valence electrons. The lowest BCUT2D eigenvalue weighted by molar-refractivity contribution is 0.298. The number of thiazole rings is 1. The zero-order valence-corrected chi connectivity index (χ0v) is 12.6. The second kappa shape index (κ2) is 6.89. The molecule has 0 aliphatic carbocycles. The van der Waals surface area contributed by atoms with Crippen molar-refractivity contribution in [1.29, 1.82) is 0 Å². The highest BCUT2D eigenvalue weighted by atomic mass is 35.5. The van der Waals surface area contributed by atoms with Gasteiger partial charge in [0.1, 0.15) is 12.4 Å². The van der Waals surface area contributed by atoms with E-state index in [1.807, 2.05) is 30.5 Å². The van der Waals surface area contributed by atoms with Gasteiger partial charge in [-0.15, -0.1) is 11.3 Å². The van der Waals surface area contributed by atoms with Gasteiger partial charge < -0.3 is 10.1 Å². The van der Waals surface area contributed by atoms with Gasteiger partial charge in [0.2, 0.25) is 0 Å². The monoisotopic (exact) mass is 296 g/mol. The maximum absolute atomic E-state index is 6.21. The third-order valence-corrected chi connectivity index (χ3v) is 3.76. The van der Waals surface area contributed by atoms with Crippen molar-refractivity contribution in [2.75, 3.05) is 6.54 Å². The molecule has 0 fully saturated rings. The normalized spacial score (nSPS) is 10.7. The molecule has 1 heterocycles. The highest BCUT2D eigenvalue weighted by molar-refractivity contribution is 7.09. The van der Waals surface area contributed by atoms with Crippen LogP contribution in [-0.4, -0.2) is 11.5 Å². The Hall–Kier alpha value is -1.10. The van der Waals surface area contributed by atoms with Crippen LogP contribution in [0.15, 0.2) is 23.6 Å². The summed E-state index contributed by atoms with van der Waals surface area (Å²) in [6, 6.07) is 5.81. The van der Waals surface area contributed by atoms with E-state index in [0.717, 1.165) is 35.1 Å². The smallest absolute Gasteiger partial charge is 0.142 e. The quantitative estimate of drug-likeness (QED) is 0.880. The Kier molecular flexibility index (Phi) is 5.19. The van der Waals surface area contributed by atoms with Crippen molar-refractivity contribution in [3.63, 3.8) is 0 Å². The number of hydrogen-bond acceptors (Lipinski definition) is 4. The maximum atomic E-state index is 6.21. The van der Waals surface area contributed by atoms with E-state index < -0.39 is 0 Å². The summed E-state index contributed by atoms with van der Waals surface area (Å²) in [5, 5.41) is 6.98. The molecule has 0 unspecified atom stereocenters. The lowest BCUT2D eigenvalue weighted by Crippen LogP contribution is -2.13. The fourth-order valence-electron chi connectivity index (χ4n) is 1.73. The molecule has 3 nitrogen and oxygen atoms in total. The van der Waals surface area contributed by atoms with Crippen LogP contribution in [0.3, 0.4) is 0 Å². The van der Waals surface area contributed by atoms with Crippen molar-refractivity contribution in [3.05, 3.63) is 44.9 Å². The molecule has 1 aromatic heterocycles. The average molecular weight is 297 g/mol. The van der Waals surface area contributed by atoms with Gasteiger partial charge in [-0.2, -0.15) is 0 Å². The third-order valence-electron chi connectivity index (χ3n) is 2.64. The standard InChI is InChI=1S/C14H17ClN2OS/c1-3-16-7-11-5-4-6-13(15)14(11)18-8-12-9-19-10(2)17-12/h4-6,9,16H,3,7-8H2,1-2H3. The van der Waals surface area contributed by atoms with E-state index in [0.29, 0.717) is 11.6 Å². The van der Waals surface area contributed by atoms with Crippen LogP contribution in [0.2, 0.25) is 5.02 Å². The van der Waals surface area contributed by atoms with E-state index in [2.05, 4.69) is 17.2 Å². The Morgan fingerprint density at radius 2 is 2.26 bits per heavy atom. The van der Waals surface area contributed by atoms with Crippen molar-refractivity contribution in [1.82, 2.24) is 10.3 Å². The highest BCUT2D eigenvalue weighted by Crippen LogP contribution is 2.29. The van der Waals surface area contributed by atoms with Crippen molar-refractivity contribution in [3.8, 4) is 5.75 Å². The van der Waals surface area contributed by atoms with Crippen LogP contribution >= 0.6 is 22.9 Å². The molecule has 5 heteroatoms. The number of hydrogen-bond donors (Lipinski definition) is 1. The first-order valence-corrected chi connectivity index (χ1v) is 7.48. The van der Waals surface area contributed by atoms with Crippen LogP contribution in [0, 0.1) is 6.92 Å². The van der Waals surface area contributed by atoms with E-state index in [1.165, 1.54) is 0 Å². The van der Waals surface area contributed by atoms with Crippen LogP contribution in [0.1, 0.15) is 23.2 Å². The van der Waals surface area contributed by atoms with Crippen molar-refractivity contribution < 1.29 is 4.74 Å². The summed E-state index contributed by atoms with van der Waals surface area (Å²) < 4.78 is 5.84. The Labute approximate surface area is 122 Å². The minimum atomic E-state index is 0.452. The molecule has 0 amide bonds. The van der Waals surface area contributed by atoms with E-state index >= 15 is 0 Å². The van der Waals surface area contributed by atoms with Crippen molar-refractivity contribution in [2.45, 2.75) is 27.0 Å². The number of halogens is 1. The predicted octanol–water partition coefficient (Wildman–Crippen LogP) is 3.79. The van der Waals surface area contributed by atoms with Crippen LogP contribution in [0.5, 0.6) is 5.75 Å². The molecule has 2 aromatic rings. The number of para-hydroxylation sites is 1. The Bertz CT molecular complexity index is 542. The van der Waals surface area contributed by atoms with E-state index in [9.17, 15) is 0 Å². The number of aromatic nitrogens is 1. The lowest BCUT2D eigenvalue weighted by atomic mass is 10.2. The number of aryl methyl sites for hydroxylation is 1. The first-order chi connectivity index (χ1) is 9.20. The molecule has 0 aliphatic rings. The summed E-state index contributed by atoms with van der Waals surface area (Å²) in [7, 11) is 0. The molecule has 0 bridgehead atoms. The first kappa shape index (κ1) is 14.3.